The van der Waals surface area contributed by atoms with Gasteiger partial charge in [-0.15, -0.1) is 0 Å². The Bertz CT molecular complexity index is 1020. The van der Waals surface area contributed by atoms with Gasteiger partial charge >= 0.3 is 0 Å². The summed E-state index contributed by atoms with van der Waals surface area (Å²) in [5.41, 5.74) is 3.14. The van der Waals surface area contributed by atoms with Crippen LogP contribution < -0.4 is 5.32 Å². The summed E-state index contributed by atoms with van der Waals surface area (Å²) in [4.78, 5) is 27.8. The molecule has 30 heavy (non-hydrogen) atoms. The van der Waals surface area contributed by atoms with Crippen molar-refractivity contribution in [1.29, 1.82) is 0 Å². The van der Waals surface area contributed by atoms with E-state index in [0.717, 1.165) is 29.5 Å². The van der Waals surface area contributed by atoms with Crippen LogP contribution in [-0.4, -0.2) is 47.0 Å². The number of hydrogen-bond acceptors (Lipinski definition) is 3. The first-order chi connectivity index (χ1) is 14.6. The van der Waals surface area contributed by atoms with E-state index in [2.05, 4.69) is 39.8 Å². The Labute approximate surface area is 176 Å². The number of aromatic amines is 1. The molecule has 2 amide bonds. The maximum absolute atomic E-state index is 13.1. The molecular weight excluding hydrogens is 376 g/mol. The smallest absolute Gasteiger partial charge is 0.271 e. The van der Waals surface area contributed by atoms with Gasteiger partial charge in [-0.25, -0.2) is 0 Å². The van der Waals surface area contributed by atoms with Crippen LogP contribution in [0.25, 0.3) is 11.1 Å². The number of piperidine rings is 1. The lowest BCUT2D eigenvalue weighted by molar-refractivity contribution is -0.133. The van der Waals surface area contributed by atoms with Crippen molar-refractivity contribution in [2.45, 2.75) is 19.3 Å². The van der Waals surface area contributed by atoms with Crippen LogP contribution in [0, 0.1) is 5.41 Å². The number of benzene rings is 2. The van der Waals surface area contributed by atoms with Crippen LogP contribution in [0.2, 0.25) is 0 Å². The van der Waals surface area contributed by atoms with Crippen LogP contribution >= 0.6 is 0 Å². The summed E-state index contributed by atoms with van der Waals surface area (Å²) in [7, 11) is 1.67. The van der Waals surface area contributed by atoms with Gasteiger partial charge in [0.15, 0.2) is 0 Å². The normalized spacial score (nSPS) is 18.8. The number of nitrogens with one attached hydrogen (secondary N) is 2. The topological polar surface area (TPSA) is 78.1 Å². The molecule has 6 nitrogen and oxygen atoms in total. The highest BCUT2D eigenvalue weighted by Crippen LogP contribution is 2.37. The predicted octanol–water partition coefficient (Wildman–Crippen LogP) is 3.29. The summed E-state index contributed by atoms with van der Waals surface area (Å²) in [5, 5.41) is 9.48. The number of amides is 2. The van der Waals surface area contributed by atoms with E-state index in [1.54, 1.807) is 24.2 Å². The first-order valence-corrected chi connectivity index (χ1v) is 10.3. The maximum atomic E-state index is 13.1. The summed E-state index contributed by atoms with van der Waals surface area (Å²) in [6.07, 6.45) is 3.66. The van der Waals surface area contributed by atoms with Gasteiger partial charge in [0.25, 0.3) is 5.91 Å². The zero-order valence-corrected chi connectivity index (χ0v) is 17.1. The van der Waals surface area contributed by atoms with E-state index in [0.29, 0.717) is 25.2 Å². The largest absolute Gasteiger partial charge is 0.359 e. The van der Waals surface area contributed by atoms with Crippen molar-refractivity contribution in [2.24, 2.45) is 5.41 Å². The summed E-state index contributed by atoms with van der Waals surface area (Å²) >= 11 is 0. The van der Waals surface area contributed by atoms with Crippen LogP contribution in [0.5, 0.6) is 0 Å². The minimum Gasteiger partial charge on any atom is -0.359 e. The van der Waals surface area contributed by atoms with Gasteiger partial charge in [-0.05, 0) is 42.0 Å². The van der Waals surface area contributed by atoms with Crippen LogP contribution in [-0.2, 0) is 11.2 Å². The van der Waals surface area contributed by atoms with Gasteiger partial charge in [0, 0.05) is 26.3 Å². The molecule has 0 bridgehead atoms. The van der Waals surface area contributed by atoms with E-state index in [4.69, 9.17) is 0 Å². The second-order valence-electron chi connectivity index (χ2n) is 7.86. The zero-order valence-electron chi connectivity index (χ0n) is 17.1. The fourth-order valence-electron chi connectivity index (χ4n) is 4.46. The average Bonchev–Trinajstić information content (AvgIpc) is 3.34. The van der Waals surface area contributed by atoms with Gasteiger partial charge in [-0.1, -0.05) is 54.6 Å². The molecule has 0 aliphatic carbocycles. The van der Waals surface area contributed by atoms with E-state index < -0.39 is 5.41 Å². The third-order valence-electron chi connectivity index (χ3n) is 5.93. The van der Waals surface area contributed by atoms with Crippen LogP contribution in [0.3, 0.4) is 0 Å². The second-order valence-corrected chi connectivity index (χ2v) is 7.86. The molecule has 1 fully saturated rings. The minimum atomic E-state index is -0.673. The van der Waals surface area contributed by atoms with E-state index >= 15 is 0 Å². The van der Waals surface area contributed by atoms with E-state index in [1.165, 1.54) is 0 Å². The third kappa shape index (κ3) is 3.85. The Morgan fingerprint density at radius 2 is 1.87 bits per heavy atom. The van der Waals surface area contributed by atoms with E-state index in [1.807, 2.05) is 30.3 Å². The fourth-order valence-corrected chi connectivity index (χ4v) is 4.46. The summed E-state index contributed by atoms with van der Waals surface area (Å²) in [6, 6.07) is 20.1. The first-order valence-electron chi connectivity index (χ1n) is 10.3. The molecule has 0 unspecified atom stereocenters. The maximum Gasteiger partial charge on any atom is 0.271 e. The molecule has 2 aromatic carbocycles. The highest BCUT2D eigenvalue weighted by molar-refractivity contribution is 5.93. The third-order valence-corrected chi connectivity index (χ3v) is 5.93. The van der Waals surface area contributed by atoms with Crippen LogP contribution in [0.1, 0.15) is 28.9 Å². The minimum absolute atomic E-state index is 0.0209. The van der Waals surface area contributed by atoms with E-state index in [-0.39, 0.29) is 11.8 Å². The molecule has 2 N–H and O–H groups in total. The van der Waals surface area contributed by atoms with Gasteiger partial charge in [0.1, 0.15) is 5.69 Å². The molecule has 1 saturated heterocycles. The molecule has 6 heteroatoms. The molecular formula is C24H26N4O2. The second kappa shape index (κ2) is 8.53. The number of likely N-dealkylation sites (tertiary alicyclic amines) is 1. The van der Waals surface area contributed by atoms with Crippen molar-refractivity contribution in [3.8, 4) is 11.1 Å². The Kier molecular flexibility index (Phi) is 5.65. The van der Waals surface area contributed by atoms with Crippen molar-refractivity contribution in [3.63, 3.8) is 0 Å². The molecule has 2 heterocycles. The van der Waals surface area contributed by atoms with Crippen molar-refractivity contribution < 1.29 is 9.59 Å². The van der Waals surface area contributed by atoms with Crippen LogP contribution in [0.15, 0.2) is 66.9 Å². The number of rotatable bonds is 5. The number of carbonyl (C=O) groups is 2. The zero-order chi connectivity index (χ0) is 21.0. The highest BCUT2D eigenvalue weighted by atomic mass is 16.2. The predicted molar refractivity (Wildman–Crippen MR) is 116 cm³/mol. The highest BCUT2D eigenvalue weighted by Gasteiger charge is 2.43. The lowest BCUT2D eigenvalue weighted by Gasteiger charge is -2.41. The summed E-state index contributed by atoms with van der Waals surface area (Å²) < 4.78 is 0. The summed E-state index contributed by atoms with van der Waals surface area (Å²) in [5.74, 6) is -0.135. The van der Waals surface area contributed by atoms with E-state index in [9.17, 15) is 9.59 Å². The van der Waals surface area contributed by atoms with Crippen LogP contribution in [0.4, 0.5) is 0 Å². The van der Waals surface area contributed by atoms with Crippen molar-refractivity contribution in [1.82, 2.24) is 20.4 Å². The molecule has 0 radical (unpaired) electrons. The molecule has 1 atom stereocenters. The molecule has 0 spiro atoms. The number of nitrogens with zero attached hydrogens (tertiary/aromatic N) is 2. The molecule has 0 saturated carbocycles. The molecule has 154 valence electrons. The Morgan fingerprint density at radius 1 is 1.10 bits per heavy atom. The number of hydrogen-bond donors (Lipinski definition) is 2. The van der Waals surface area contributed by atoms with Crippen molar-refractivity contribution in [2.75, 3.05) is 20.1 Å². The van der Waals surface area contributed by atoms with Gasteiger partial charge in [-0.2, -0.15) is 5.10 Å². The molecule has 3 aromatic rings. The van der Waals surface area contributed by atoms with Gasteiger partial charge < -0.3 is 10.2 Å². The summed E-state index contributed by atoms with van der Waals surface area (Å²) in [6.45, 7) is 1.02. The quantitative estimate of drug-likeness (QED) is 0.687. The monoisotopic (exact) mass is 402 g/mol. The Hall–Kier alpha value is -3.41. The molecule has 1 aliphatic rings. The van der Waals surface area contributed by atoms with Crippen molar-refractivity contribution >= 4 is 11.8 Å². The SMILES string of the molecule is CNC(=O)[C@]1(Cc2ccccc2-c2ccccc2)CCCN(C(=O)c2ccn[nH]2)C1. The lowest BCUT2D eigenvalue weighted by atomic mass is 9.73. The van der Waals surface area contributed by atoms with Gasteiger partial charge in [-0.3, -0.25) is 14.7 Å². The Balaban J connectivity index is 1.67. The molecule has 1 aliphatic heterocycles. The number of aromatic nitrogens is 2. The number of carbonyl (C=O) groups excluding carboxylic acids is 2. The first kappa shape index (κ1) is 19.9. The lowest BCUT2D eigenvalue weighted by Crippen LogP contribution is -2.54. The van der Waals surface area contributed by atoms with Gasteiger partial charge in [0.05, 0.1) is 5.41 Å². The standard InChI is InChI=1S/C24H26N4O2/c1-25-23(30)24(13-7-15-28(17-24)22(29)21-12-14-26-27-21)16-19-10-5-6-11-20(19)18-8-3-2-4-9-18/h2-6,8-12,14H,7,13,15-17H2,1H3,(H,25,30)(H,26,27)/t24-/m0/s1. The Morgan fingerprint density at radius 3 is 2.60 bits per heavy atom. The average molecular weight is 402 g/mol. The molecule has 1 aromatic heterocycles. The van der Waals surface area contributed by atoms with Crippen molar-refractivity contribution in [3.05, 3.63) is 78.1 Å². The molecule has 4 rings (SSSR count). The number of H-pyrrole nitrogens is 1. The van der Waals surface area contributed by atoms with Gasteiger partial charge in [0.2, 0.25) is 5.91 Å². The fraction of sp³-hybridized carbons (Fsp3) is 0.292.